The highest BCUT2D eigenvalue weighted by molar-refractivity contribution is 5.77. The van der Waals surface area contributed by atoms with Crippen molar-refractivity contribution in [3.8, 4) is 0 Å². The second-order valence-electron chi connectivity index (χ2n) is 5.26. The van der Waals surface area contributed by atoms with Gasteiger partial charge < -0.3 is 15.0 Å². The van der Waals surface area contributed by atoms with E-state index in [4.69, 9.17) is 4.74 Å². The predicted molar refractivity (Wildman–Crippen MR) is 81.1 cm³/mol. The zero-order chi connectivity index (χ0) is 14.5. The van der Waals surface area contributed by atoms with E-state index in [1.165, 1.54) is 11.3 Å². The van der Waals surface area contributed by atoms with Crippen molar-refractivity contribution in [2.24, 2.45) is 0 Å². The van der Waals surface area contributed by atoms with Crippen LogP contribution in [0.2, 0.25) is 0 Å². The summed E-state index contributed by atoms with van der Waals surface area (Å²) in [5, 5.41) is 3.07. The number of fused-ring (bicyclic) bond motifs is 1. The fourth-order valence-electron chi connectivity index (χ4n) is 2.76. The van der Waals surface area contributed by atoms with E-state index in [-0.39, 0.29) is 12.0 Å². The molecule has 0 aliphatic carbocycles. The number of hydrogen-bond donors (Lipinski definition) is 1. The Labute approximate surface area is 121 Å². The molecule has 0 bridgehead atoms. The summed E-state index contributed by atoms with van der Waals surface area (Å²) < 4.78 is 5.13. The summed E-state index contributed by atoms with van der Waals surface area (Å²) in [5.74, 6) is -0.176. The lowest BCUT2D eigenvalue weighted by Crippen LogP contribution is -2.49. The first-order valence-electron chi connectivity index (χ1n) is 7.35. The Morgan fingerprint density at radius 3 is 2.95 bits per heavy atom. The minimum absolute atomic E-state index is 0.176. The number of benzene rings is 1. The van der Waals surface area contributed by atoms with Gasteiger partial charge in [-0.1, -0.05) is 18.2 Å². The van der Waals surface area contributed by atoms with Gasteiger partial charge >= 0.3 is 5.97 Å². The zero-order valence-corrected chi connectivity index (χ0v) is 12.6. The Morgan fingerprint density at radius 1 is 1.50 bits per heavy atom. The van der Waals surface area contributed by atoms with Gasteiger partial charge in [0.2, 0.25) is 0 Å². The fraction of sp³-hybridized carbons (Fsp3) is 0.562. The largest absolute Gasteiger partial charge is 0.465 e. The molecule has 0 spiro atoms. The average molecular weight is 276 g/mol. The molecular weight excluding hydrogens is 252 g/mol. The quantitative estimate of drug-likeness (QED) is 0.835. The molecule has 0 fully saturated rings. The van der Waals surface area contributed by atoms with Gasteiger partial charge in [0.05, 0.1) is 6.61 Å². The summed E-state index contributed by atoms with van der Waals surface area (Å²) in [6.45, 7) is 5.12. The lowest BCUT2D eigenvalue weighted by atomic mass is 9.96. The number of carbonyl (C=O) groups excluding carboxylic acids is 1. The van der Waals surface area contributed by atoms with Crippen molar-refractivity contribution in [1.29, 1.82) is 0 Å². The van der Waals surface area contributed by atoms with Crippen LogP contribution in [-0.4, -0.2) is 38.3 Å². The molecule has 1 aromatic rings. The molecule has 0 saturated heterocycles. The SMILES string of the molecule is CCOC(=O)C(CN1c2ccccc2CCC1C)NC. The van der Waals surface area contributed by atoms with E-state index < -0.39 is 0 Å². The van der Waals surface area contributed by atoms with Gasteiger partial charge in [0.1, 0.15) is 6.04 Å². The molecule has 20 heavy (non-hydrogen) atoms. The van der Waals surface area contributed by atoms with Gasteiger partial charge in [-0.2, -0.15) is 0 Å². The molecule has 1 N–H and O–H groups in total. The number of para-hydroxylation sites is 1. The third-order valence-corrected chi connectivity index (χ3v) is 3.96. The molecule has 0 saturated carbocycles. The molecule has 2 rings (SSSR count). The Hall–Kier alpha value is -1.55. The molecule has 0 aromatic heterocycles. The first kappa shape index (κ1) is 14.9. The van der Waals surface area contributed by atoms with E-state index in [2.05, 4.69) is 41.4 Å². The first-order valence-corrected chi connectivity index (χ1v) is 7.35. The number of carbonyl (C=O) groups is 1. The molecule has 1 heterocycles. The van der Waals surface area contributed by atoms with Gasteiger partial charge in [0.15, 0.2) is 0 Å². The van der Waals surface area contributed by atoms with Crippen molar-refractivity contribution < 1.29 is 9.53 Å². The lowest BCUT2D eigenvalue weighted by molar-refractivity contribution is -0.145. The number of aryl methyl sites for hydroxylation is 1. The van der Waals surface area contributed by atoms with Gasteiger partial charge in [0, 0.05) is 18.3 Å². The Kier molecular flexibility index (Phi) is 5.01. The molecule has 4 heteroatoms. The van der Waals surface area contributed by atoms with Gasteiger partial charge in [-0.3, -0.25) is 4.79 Å². The highest BCUT2D eigenvalue weighted by Gasteiger charge is 2.28. The van der Waals surface area contributed by atoms with E-state index in [0.29, 0.717) is 19.2 Å². The molecular formula is C16H24N2O2. The van der Waals surface area contributed by atoms with Gasteiger partial charge in [-0.25, -0.2) is 0 Å². The smallest absolute Gasteiger partial charge is 0.324 e. The molecule has 1 aliphatic heterocycles. The number of esters is 1. The number of hydrogen-bond acceptors (Lipinski definition) is 4. The van der Waals surface area contributed by atoms with Crippen molar-refractivity contribution in [2.45, 2.75) is 38.8 Å². The van der Waals surface area contributed by atoms with E-state index in [0.717, 1.165) is 12.8 Å². The van der Waals surface area contributed by atoms with Crippen LogP contribution in [0.1, 0.15) is 25.8 Å². The van der Waals surface area contributed by atoms with Crippen LogP contribution in [0.5, 0.6) is 0 Å². The Morgan fingerprint density at radius 2 is 2.25 bits per heavy atom. The molecule has 1 aromatic carbocycles. The maximum atomic E-state index is 12.0. The van der Waals surface area contributed by atoms with Crippen molar-refractivity contribution in [2.75, 3.05) is 25.1 Å². The summed E-state index contributed by atoms with van der Waals surface area (Å²) in [5.41, 5.74) is 2.61. The normalized spacial score (nSPS) is 19.4. The third-order valence-electron chi connectivity index (χ3n) is 3.96. The molecule has 0 amide bonds. The van der Waals surface area contributed by atoms with Crippen molar-refractivity contribution in [3.05, 3.63) is 29.8 Å². The summed E-state index contributed by atoms with van der Waals surface area (Å²) in [7, 11) is 1.81. The standard InChI is InChI=1S/C16H24N2O2/c1-4-20-16(19)14(17-3)11-18-12(2)9-10-13-7-5-6-8-15(13)18/h5-8,12,14,17H,4,9-11H2,1-3H3. The third kappa shape index (κ3) is 3.12. The van der Waals surface area contributed by atoms with Crippen LogP contribution < -0.4 is 10.2 Å². The fourth-order valence-corrected chi connectivity index (χ4v) is 2.76. The average Bonchev–Trinajstić information content (AvgIpc) is 2.46. The topological polar surface area (TPSA) is 41.6 Å². The molecule has 110 valence electrons. The summed E-state index contributed by atoms with van der Waals surface area (Å²) in [6, 6.07) is 8.60. The molecule has 2 atom stereocenters. The summed E-state index contributed by atoms with van der Waals surface area (Å²) >= 11 is 0. The maximum Gasteiger partial charge on any atom is 0.324 e. The Bertz CT molecular complexity index is 462. The van der Waals surface area contributed by atoms with Crippen LogP contribution in [0.15, 0.2) is 24.3 Å². The van der Waals surface area contributed by atoms with E-state index in [9.17, 15) is 4.79 Å². The van der Waals surface area contributed by atoms with Crippen LogP contribution in [-0.2, 0) is 16.0 Å². The number of likely N-dealkylation sites (N-methyl/N-ethyl adjacent to an activating group) is 1. The lowest BCUT2D eigenvalue weighted by Gasteiger charge is -2.38. The molecule has 4 nitrogen and oxygen atoms in total. The molecule has 2 unspecified atom stereocenters. The summed E-state index contributed by atoms with van der Waals surface area (Å²) in [4.78, 5) is 14.3. The highest BCUT2D eigenvalue weighted by atomic mass is 16.5. The maximum absolute atomic E-state index is 12.0. The number of nitrogens with one attached hydrogen (secondary N) is 1. The van der Waals surface area contributed by atoms with Crippen LogP contribution >= 0.6 is 0 Å². The van der Waals surface area contributed by atoms with E-state index >= 15 is 0 Å². The zero-order valence-electron chi connectivity index (χ0n) is 12.6. The van der Waals surface area contributed by atoms with Gasteiger partial charge in [-0.05, 0) is 45.4 Å². The van der Waals surface area contributed by atoms with Crippen molar-refractivity contribution in [1.82, 2.24) is 5.32 Å². The van der Waals surface area contributed by atoms with E-state index in [1.807, 2.05) is 14.0 Å². The van der Waals surface area contributed by atoms with Crippen molar-refractivity contribution in [3.63, 3.8) is 0 Å². The van der Waals surface area contributed by atoms with Crippen LogP contribution in [0.25, 0.3) is 0 Å². The predicted octanol–water partition coefficient (Wildman–Crippen LogP) is 1.98. The van der Waals surface area contributed by atoms with Crippen LogP contribution in [0.3, 0.4) is 0 Å². The number of nitrogens with zero attached hydrogens (tertiary/aromatic N) is 1. The number of rotatable bonds is 5. The van der Waals surface area contributed by atoms with Crippen LogP contribution in [0, 0.1) is 0 Å². The molecule has 0 radical (unpaired) electrons. The van der Waals surface area contributed by atoms with Crippen LogP contribution in [0.4, 0.5) is 5.69 Å². The first-order chi connectivity index (χ1) is 9.67. The highest BCUT2D eigenvalue weighted by Crippen LogP contribution is 2.30. The van der Waals surface area contributed by atoms with Crippen molar-refractivity contribution >= 4 is 11.7 Å². The molecule has 1 aliphatic rings. The van der Waals surface area contributed by atoms with Gasteiger partial charge in [-0.15, -0.1) is 0 Å². The minimum atomic E-state index is -0.288. The number of anilines is 1. The van der Waals surface area contributed by atoms with E-state index in [1.54, 1.807) is 0 Å². The van der Waals surface area contributed by atoms with Gasteiger partial charge in [0.25, 0.3) is 0 Å². The Balaban J connectivity index is 2.16. The number of ether oxygens (including phenoxy) is 1. The minimum Gasteiger partial charge on any atom is -0.465 e. The second kappa shape index (κ2) is 6.75. The second-order valence-corrected chi connectivity index (χ2v) is 5.26. The summed E-state index contributed by atoms with van der Waals surface area (Å²) in [6.07, 6.45) is 2.23. The monoisotopic (exact) mass is 276 g/mol.